The summed E-state index contributed by atoms with van der Waals surface area (Å²) in [6, 6.07) is 19.8. The fraction of sp³-hybridized carbons (Fsp3) is 0.217. The number of pyridine rings is 1. The largest absolute Gasteiger partial charge is 0.352 e. The third-order valence-corrected chi connectivity index (χ3v) is 6.43. The van der Waals surface area contributed by atoms with Crippen molar-refractivity contribution in [3.63, 3.8) is 0 Å². The van der Waals surface area contributed by atoms with Gasteiger partial charge in [-0.2, -0.15) is 0 Å². The summed E-state index contributed by atoms with van der Waals surface area (Å²) in [5.41, 5.74) is 0.942. The number of hydrogen-bond acceptors (Lipinski definition) is 7. The fourth-order valence-corrected chi connectivity index (χ4v) is 4.72. The number of rotatable bonds is 4. The van der Waals surface area contributed by atoms with Gasteiger partial charge >= 0.3 is 0 Å². The number of aryl methyl sites for hydroxylation is 1. The first-order chi connectivity index (χ1) is 15.2. The van der Waals surface area contributed by atoms with Crippen LogP contribution in [-0.4, -0.2) is 52.2 Å². The summed E-state index contributed by atoms with van der Waals surface area (Å²) >= 11 is 1.56. The molecule has 0 spiro atoms. The van der Waals surface area contributed by atoms with Gasteiger partial charge in [-0.05, 0) is 48.7 Å². The van der Waals surface area contributed by atoms with Crippen LogP contribution in [-0.2, 0) is 0 Å². The molecule has 0 saturated carbocycles. The van der Waals surface area contributed by atoms with Gasteiger partial charge in [0.15, 0.2) is 11.6 Å². The van der Waals surface area contributed by atoms with Gasteiger partial charge in [0.2, 0.25) is 0 Å². The lowest BCUT2D eigenvalue weighted by atomic mass is 10.2. The third-order valence-electron chi connectivity index (χ3n) is 5.32. The van der Waals surface area contributed by atoms with Crippen molar-refractivity contribution < 1.29 is 4.79 Å². The molecule has 3 aromatic heterocycles. The molecular weight excluding hydrogens is 408 g/mol. The fourth-order valence-electron chi connectivity index (χ4n) is 3.69. The number of benzene rings is 1. The summed E-state index contributed by atoms with van der Waals surface area (Å²) in [5, 5.41) is 12.9. The Morgan fingerprint density at radius 2 is 1.77 bits per heavy atom. The SMILES string of the molecule is Cc1cccc(Nc2ccc(N3CCN(C(=O)c4cc5ccccc5s4)CC3)nn2)n1. The van der Waals surface area contributed by atoms with Crippen molar-refractivity contribution in [2.45, 2.75) is 6.92 Å². The second kappa shape index (κ2) is 8.31. The molecule has 1 fully saturated rings. The Morgan fingerprint density at radius 3 is 2.52 bits per heavy atom. The summed E-state index contributed by atoms with van der Waals surface area (Å²) in [7, 11) is 0. The third kappa shape index (κ3) is 4.20. The highest BCUT2D eigenvalue weighted by atomic mass is 32.1. The van der Waals surface area contributed by atoms with Crippen LogP contribution in [0.3, 0.4) is 0 Å². The summed E-state index contributed by atoms with van der Waals surface area (Å²) in [4.78, 5) is 22.2. The number of anilines is 3. The Bertz CT molecular complexity index is 1180. The van der Waals surface area contributed by atoms with Crippen LogP contribution in [0.15, 0.2) is 60.7 Å². The molecule has 5 rings (SSSR count). The van der Waals surface area contributed by atoms with E-state index in [-0.39, 0.29) is 5.91 Å². The predicted molar refractivity (Wildman–Crippen MR) is 124 cm³/mol. The smallest absolute Gasteiger partial charge is 0.264 e. The van der Waals surface area contributed by atoms with Crippen LogP contribution in [0.5, 0.6) is 0 Å². The summed E-state index contributed by atoms with van der Waals surface area (Å²) < 4.78 is 1.15. The maximum Gasteiger partial charge on any atom is 0.264 e. The molecular formula is C23H22N6OS. The molecule has 1 N–H and O–H groups in total. The minimum Gasteiger partial charge on any atom is -0.352 e. The molecule has 1 aliphatic heterocycles. The number of carbonyl (C=O) groups excluding carboxylic acids is 1. The molecule has 8 heteroatoms. The van der Waals surface area contributed by atoms with Crippen LogP contribution >= 0.6 is 11.3 Å². The predicted octanol–water partition coefficient (Wildman–Crippen LogP) is 4.10. The number of fused-ring (bicyclic) bond motifs is 1. The number of nitrogens with one attached hydrogen (secondary N) is 1. The second-order valence-electron chi connectivity index (χ2n) is 7.49. The van der Waals surface area contributed by atoms with E-state index in [1.54, 1.807) is 11.3 Å². The monoisotopic (exact) mass is 430 g/mol. The number of aromatic nitrogens is 3. The molecule has 0 bridgehead atoms. The molecule has 1 aliphatic rings. The first-order valence-electron chi connectivity index (χ1n) is 10.2. The zero-order chi connectivity index (χ0) is 21.2. The Morgan fingerprint density at radius 1 is 0.935 bits per heavy atom. The van der Waals surface area contributed by atoms with Gasteiger partial charge in [0.1, 0.15) is 5.82 Å². The van der Waals surface area contributed by atoms with Crippen LogP contribution in [0.4, 0.5) is 17.5 Å². The van der Waals surface area contributed by atoms with Crippen molar-refractivity contribution in [2.24, 2.45) is 0 Å². The van der Waals surface area contributed by atoms with E-state index in [1.165, 1.54) is 0 Å². The summed E-state index contributed by atoms with van der Waals surface area (Å²) in [6.07, 6.45) is 0. The Labute approximate surface area is 184 Å². The van der Waals surface area contributed by atoms with Gasteiger partial charge in [-0.25, -0.2) is 4.98 Å². The Hall–Kier alpha value is -3.52. The first kappa shape index (κ1) is 19.4. The van der Waals surface area contributed by atoms with Gasteiger partial charge in [-0.1, -0.05) is 24.3 Å². The first-order valence-corrected chi connectivity index (χ1v) is 11.0. The minimum absolute atomic E-state index is 0.108. The molecule has 4 heterocycles. The van der Waals surface area contributed by atoms with E-state index >= 15 is 0 Å². The van der Waals surface area contributed by atoms with Crippen molar-refractivity contribution in [1.29, 1.82) is 0 Å². The second-order valence-corrected chi connectivity index (χ2v) is 8.58. The van der Waals surface area contributed by atoms with E-state index < -0.39 is 0 Å². The van der Waals surface area contributed by atoms with Crippen LogP contribution in [0, 0.1) is 6.92 Å². The highest BCUT2D eigenvalue weighted by molar-refractivity contribution is 7.20. The quantitative estimate of drug-likeness (QED) is 0.525. The molecule has 4 aromatic rings. The summed E-state index contributed by atoms with van der Waals surface area (Å²) in [5.74, 6) is 2.32. The zero-order valence-electron chi connectivity index (χ0n) is 17.2. The van der Waals surface area contributed by atoms with Gasteiger partial charge < -0.3 is 15.1 Å². The molecule has 1 saturated heterocycles. The normalized spacial score (nSPS) is 14.1. The van der Waals surface area contributed by atoms with Gasteiger partial charge in [0, 0.05) is 36.6 Å². The average molecular weight is 431 g/mol. The number of thiophene rings is 1. The van der Waals surface area contributed by atoms with E-state index in [4.69, 9.17) is 0 Å². The molecule has 1 aromatic carbocycles. The molecule has 31 heavy (non-hydrogen) atoms. The van der Waals surface area contributed by atoms with E-state index in [2.05, 4.69) is 31.5 Å². The maximum atomic E-state index is 12.9. The lowest BCUT2D eigenvalue weighted by molar-refractivity contribution is 0.0751. The Balaban J connectivity index is 1.20. The molecule has 7 nitrogen and oxygen atoms in total. The molecule has 156 valence electrons. The van der Waals surface area contributed by atoms with E-state index in [0.717, 1.165) is 45.4 Å². The van der Waals surface area contributed by atoms with Gasteiger partial charge in [-0.15, -0.1) is 21.5 Å². The van der Waals surface area contributed by atoms with Crippen LogP contribution in [0.1, 0.15) is 15.4 Å². The lowest BCUT2D eigenvalue weighted by Crippen LogP contribution is -2.48. The Kier molecular flexibility index (Phi) is 5.21. The molecule has 0 atom stereocenters. The van der Waals surface area contributed by atoms with E-state index in [9.17, 15) is 4.79 Å². The van der Waals surface area contributed by atoms with Crippen molar-refractivity contribution >= 4 is 44.8 Å². The van der Waals surface area contributed by atoms with Crippen molar-refractivity contribution in [2.75, 3.05) is 36.4 Å². The highest BCUT2D eigenvalue weighted by Crippen LogP contribution is 2.27. The van der Waals surface area contributed by atoms with Crippen molar-refractivity contribution in [3.05, 3.63) is 71.2 Å². The molecule has 0 radical (unpaired) electrons. The number of nitrogens with zero attached hydrogens (tertiary/aromatic N) is 5. The van der Waals surface area contributed by atoms with Gasteiger partial charge in [-0.3, -0.25) is 4.79 Å². The number of hydrogen-bond donors (Lipinski definition) is 1. The lowest BCUT2D eigenvalue weighted by Gasteiger charge is -2.35. The maximum absolute atomic E-state index is 12.9. The van der Waals surface area contributed by atoms with E-state index in [0.29, 0.717) is 18.9 Å². The van der Waals surface area contributed by atoms with Crippen molar-refractivity contribution in [3.8, 4) is 0 Å². The van der Waals surface area contributed by atoms with Crippen LogP contribution < -0.4 is 10.2 Å². The number of carbonyl (C=O) groups is 1. The van der Waals surface area contributed by atoms with Crippen LogP contribution in [0.25, 0.3) is 10.1 Å². The van der Waals surface area contributed by atoms with Crippen LogP contribution in [0.2, 0.25) is 0 Å². The molecule has 0 aliphatic carbocycles. The minimum atomic E-state index is 0.108. The molecule has 0 unspecified atom stereocenters. The zero-order valence-corrected chi connectivity index (χ0v) is 18.0. The molecule has 1 amide bonds. The topological polar surface area (TPSA) is 74.2 Å². The average Bonchev–Trinajstić information content (AvgIpc) is 3.24. The van der Waals surface area contributed by atoms with Crippen molar-refractivity contribution in [1.82, 2.24) is 20.1 Å². The number of amides is 1. The van der Waals surface area contributed by atoms with Gasteiger partial charge in [0.05, 0.1) is 4.88 Å². The summed E-state index contributed by atoms with van der Waals surface area (Å²) in [6.45, 7) is 4.75. The highest BCUT2D eigenvalue weighted by Gasteiger charge is 2.24. The standard InChI is InChI=1S/C23H22N6OS/c1-16-5-4-8-20(24-16)25-21-9-10-22(27-26-21)28-11-13-29(14-12-28)23(30)19-15-17-6-2-3-7-18(17)31-19/h2-10,15H,11-14H2,1H3,(H,24,25,26). The number of piperazine rings is 1. The van der Waals surface area contributed by atoms with E-state index in [1.807, 2.05) is 66.4 Å². The van der Waals surface area contributed by atoms with Gasteiger partial charge in [0.25, 0.3) is 5.91 Å².